The van der Waals surface area contributed by atoms with Gasteiger partial charge >= 0.3 is 0 Å². The molecule has 10 bridgehead atoms. The first-order valence-electron chi connectivity index (χ1n) is 19.2. The van der Waals surface area contributed by atoms with Gasteiger partial charge in [-0.05, 0) is 164 Å². The Labute approximate surface area is 304 Å². The fraction of sp³-hybridized carbons (Fsp3) is 0.444. The van der Waals surface area contributed by atoms with E-state index in [1.54, 1.807) is 0 Å². The summed E-state index contributed by atoms with van der Waals surface area (Å²) in [4.78, 5) is 23.6. The van der Waals surface area contributed by atoms with Crippen LogP contribution in [0.5, 0.6) is 0 Å². The second kappa shape index (κ2) is 14.7. The summed E-state index contributed by atoms with van der Waals surface area (Å²) in [5, 5.41) is 10.2. The van der Waals surface area contributed by atoms with Crippen LogP contribution in [-0.2, 0) is 19.3 Å². The molecule has 3 aliphatic rings. The van der Waals surface area contributed by atoms with Crippen molar-refractivity contribution in [2.75, 3.05) is 6.61 Å². The van der Waals surface area contributed by atoms with Gasteiger partial charge in [-0.2, -0.15) is 0 Å². The maximum Gasteiger partial charge on any atom is 0.0694 e. The Morgan fingerprint density at radius 3 is 1.39 bits per heavy atom. The lowest BCUT2D eigenvalue weighted by atomic mass is 9.94. The third-order valence-electron chi connectivity index (χ3n) is 10.9. The van der Waals surface area contributed by atoms with E-state index in [0.717, 1.165) is 99.5 Å². The van der Waals surface area contributed by atoms with Gasteiger partial charge < -0.3 is 15.1 Å². The molecule has 0 spiro atoms. The maximum atomic E-state index is 10.2. The molecule has 3 aromatic heterocycles. The summed E-state index contributed by atoms with van der Waals surface area (Å²) in [6.45, 7) is 24.7. The predicted molar refractivity (Wildman–Crippen MR) is 217 cm³/mol. The van der Waals surface area contributed by atoms with E-state index in [4.69, 9.17) is 15.0 Å². The minimum Gasteiger partial charge on any atom is -0.396 e. The van der Waals surface area contributed by atoms with Gasteiger partial charge in [-0.1, -0.05) is 48.5 Å². The third kappa shape index (κ3) is 6.87. The van der Waals surface area contributed by atoms with Crippen molar-refractivity contribution >= 4 is 55.5 Å². The first-order chi connectivity index (χ1) is 24.4. The molecule has 6 heteroatoms. The highest BCUT2D eigenvalue weighted by Gasteiger charge is 2.24. The van der Waals surface area contributed by atoms with Crippen molar-refractivity contribution in [3.63, 3.8) is 0 Å². The molecule has 51 heavy (non-hydrogen) atoms. The molecule has 0 atom stereocenters. The van der Waals surface area contributed by atoms with E-state index in [9.17, 15) is 5.11 Å². The minimum atomic E-state index is 0.0702. The van der Waals surface area contributed by atoms with Gasteiger partial charge in [-0.15, -0.1) is 0 Å². The molecule has 6 heterocycles. The molecule has 3 aromatic rings. The van der Waals surface area contributed by atoms with Gasteiger partial charge in [0, 0.05) is 28.7 Å². The molecule has 3 N–H and O–H groups in total. The monoisotopic (exact) mass is 683 g/mol. The number of nitrogens with one attached hydrogen (secondary N) is 2. The Balaban J connectivity index is 1.81. The van der Waals surface area contributed by atoms with Gasteiger partial charge in [-0.3, -0.25) is 0 Å². The van der Waals surface area contributed by atoms with Gasteiger partial charge in [0.15, 0.2) is 0 Å². The van der Waals surface area contributed by atoms with Gasteiger partial charge in [-0.25, -0.2) is 15.0 Å². The molecule has 268 valence electrons. The molecule has 0 aliphatic carbocycles. The average Bonchev–Trinajstić information content (AvgIpc) is 3.82. The van der Waals surface area contributed by atoms with E-state index in [0.29, 0.717) is 18.3 Å². The number of aromatic nitrogens is 5. The number of hydrogen-bond donors (Lipinski definition) is 3. The SMILES string of the molecule is CCc1c(C)c2cc3nc(cc4nc(cc5nc(cc6[nH]c(cc1[nH]2)c(CC)c6CC)C(CCO)=C5C)C(C)=C4CC(C)C)C(CC(C)C)=C3C. The number of aromatic amines is 2. The third-order valence-corrected chi connectivity index (χ3v) is 10.9. The second-order valence-electron chi connectivity index (χ2n) is 15.4. The number of aliphatic hydroxyl groups excluding tert-OH is 1. The molecule has 0 unspecified atom stereocenters. The summed E-state index contributed by atoms with van der Waals surface area (Å²) in [5.74, 6) is 0.973. The van der Waals surface area contributed by atoms with Crippen molar-refractivity contribution < 1.29 is 5.11 Å². The molecule has 3 aliphatic heterocycles. The standard InChI is InChI=1S/C45H57N5O/c1-12-30-26(8)36-19-38-28(10)34(17-24(4)5)44(48-38)23-45-35(18-25(6)7)29(11)39(49-45)20-37-27(9)33(15-16-51)43(47-37)22-42-32(14-3)31(13-2)41(50-42)21-40(30)46-36/h19-25,46,50-51H,12-18H2,1-11H3. The zero-order valence-electron chi connectivity index (χ0n) is 32.8. The van der Waals surface area contributed by atoms with E-state index >= 15 is 0 Å². The van der Waals surface area contributed by atoms with Gasteiger partial charge in [0.05, 0.1) is 34.2 Å². The first-order valence-corrected chi connectivity index (χ1v) is 19.2. The number of hydrogen-bond acceptors (Lipinski definition) is 4. The van der Waals surface area contributed by atoms with Crippen molar-refractivity contribution in [2.24, 2.45) is 11.8 Å². The first kappa shape index (κ1) is 36.5. The highest BCUT2D eigenvalue weighted by atomic mass is 16.3. The summed E-state index contributed by atoms with van der Waals surface area (Å²) < 4.78 is 0. The Hall–Kier alpha value is -4.29. The number of rotatable bonds is 9. The maximum absolute atomic E-state index is 10.2. The number of H-pyrrole nitrogens is 2. The van der Waals surface area contributed by atoms with E-state index in [-0.39, 0.29) is 6.61 Å². The van der Waals surface area contributed by atoms with Crippen LogP contribution >= 0.6 is 0 Å². The van der Waals surface area contributed by atoms with Crippen LogP contribution in [0, 0.1) is 18.8 Å². The summed E-state index contributed by atoms with van der Waals surface area (Å²) >= 11 is 0. The van der Waals surface area contributed by atoms with Crippen LogP contribution in [0.4, 0.5) is 0 Å². The fourth-order valence-electron chi connectivity index (χ4n) is 8.18. The molecule has 0 amide bonds. The molecule has 6 nitrogen and oxygen atoms in total. The molecular formula is C45H57N5O. The minimum absolute atomic E-state index is 0.0702. The highest BCUT2D eigenvalue weighted by molar-refractivity contribution is 5.97. The average molecular weight is 684 g/mol. The van der Waals surface area contributed by atoms with Crippen molar-refractivity contribution in [2.45, 2.75) is 115 Å². The van der Waals surface area contributed by atoms with Crippen molar-refractivity contribution in [1.82, 2.24) is 24.9 Å². The second-order valence-corrected chi connectivity index (χ2v) is 15.4. The van der Waals surface area contributed by atoms with Gasteiger partial charge in [0.2, 0.25) is 0 Å². The zero-order chi connectivity index (χ0) is 36.7. The predicted octanol–water partition coefficient (Wildman–Crippen LogP) is 11.4. The highest BCUT2D eigenvalue weighted by Crippen LogP contribution is 2.40. The van der Waals surface area contributed by atoms with E-state index in [2.05, 4.69) is 116 Å². The summed E-state index contributed by atoms with van der Waals surface area (Å²) in [6, 6.07) is 11.2. The summed E-state index contributed by atoms with van der Waals surface area (Å²) in [5.41, 5.74) is 22.8. The Kier molecular flexibility index (Phi) is 10.6. The van der Waals surface area contributed by atoms with Crippen molar-refractivity contribution in [1.29, 1.82) is 0 Å². The van der Waals surface area contributed by atoms with Crippen LogP contribution in [-0.4, -0.2) is 36.6 Å². The summed E-state index contributed by atoms with van der Waals surface area (Å²) in [7, 11) is 0. The molecule has 0 aromatic carbocycles. The smallest absolute Gasteiger partial charge is 0.0694 e. The van der Waals surface area contributed by atoms with E-state index in [1.807, 2.05) is 0 Å². The van der Waals surface area contributed by atoms with Crippen LogP contribution in [0.3, 0.4) is 0 Å². The number of nitrogens with zero attached hydrogens (tertiary/aromatic N) is 3. The van der Waals surface area contributed by atoms with Crippen LogP contribution in [0.15, 0.2) is 30.3 Å². The Bertz CT molecular complexity index is 2220. The largest absolute Gasteiger partial charge is 0.396 e. The lowest BCUT2D eigenvalue weighted by Gasteiger charge is -2.10. The molecule has 6 rings (SSSR count). The van der Waals surface area contributed by atoms with Crippen LogP contribution in [0.25, 0.3) is 55.5 Å². The number of allylic oxidation sites excluding steroid dienone is 5. The normalized spacial score (nSPS) is 14.2. The lowest BCUT2D eigenvalue weighted by Crippen LogP contribution is -1.94. The van der Waals surface area contributed by atoms with Crippen LogP contribution < -0.4 is 0 Å². The topological polar surface area (TPSA) is 90.5 Å². The zero-order valence-corrected chi connectivity index (χ0v) is 32.8. The number of fused-ring (bicyclic) bond motifs is 10. The Morgan fingerprint density at radius 2 is 0.902 bits per heavy atom. The van der Waals surface area contributed by atoms with E-state index in [1.165, 1.54) is 44.5 Å². The van der Waals surface area contributed by atoms with Gasteiger partial charge in [0.25, 0.3) is 0 Å². The molecule has 0 saturated carbocycles. The molecule has 0 radical (unpaired) electrons. The van der Waals surface area contributed by atoms with E-state index < -0.39 is 0 Å². The summed E-state index contributed by atoms with van der Waals surface area (Å²) in [6.07, 6.45) is 5.21. The number of aliphatic hydroxyl groups is 1. The molecule has 0 saturated heterocycles. The molecule has 0 fully saturated rings. The fourth-order valence-corrected chi connectivity index (χ4v) is 8.18. The quantitative estimate of drug-likeness (QED) is 0.209. The van der Waals surface area contributed by atoms with Gasteiger partial charge in [0.1, 0.15) is 0 Å². The van der Waals surface area contributed by atoms with Crippen molar-refractivity contribution in [3.05, 3.63) is 86.7 Å². The van der Waals surface area contributed by atoms with Crippen molar-refractivity contribution in [3.8, 4) is 0 Å². The lowest BCUT2D eigenvalue weighted by molar-refractivity contribution is 0.305. The Morgan fingerprint density at radius 1 is 0.510 bits per heavy atom. The van der Waals surface area contributed by atoms with Crippen LogP contribution in [0.2, 0.25) is 0 Å². The molecular weight excluding hydrogens is 627 g/mol. The number of aryl methyl sites for hydroxylation is 4. The van der Waals surface area contributed by atoms with Crippen LogP contribution in [0.1, 0.15) is 145 Å².